The second-order valence-electron chi connectivity index (χ2n) is 5.70. The van der Waals surface area contributed by atoms with Crippen LogP contribution in [0.5, 0.6) is 5.75 Å². The van der Waals surface area contributed by atoms with Crippen molar-refractivity contribution in [2.24, 2.45) is 0 Å². The van der Waals surface area contributed by atoms with Gasteiger partial charge in [0.1, 0.15) is 23.8 Å². The number of aryl methyl sites for hydroxylation is 1. The zero-order valence-electron chi connectivity index (χ0n) is 13.0. The first kappa shape index (κ1) is 17.2. The van der Waals surface area contributed by atoms with Crippen LogP contribution < -0.4 is 4.74 Å². The minimum atomic E-state index is -1.24. The first-order valence-corrected chi connectivity index (χ1v) is 8.55. The number of pyridine rings is 1. The highest BCUT2D eigenvalue weighted by Crippen LogP contribution is 2.31. The Balaban J connectivity index is 1.81. The lowest BCUT2D eigenvalue weighted by Crippen LogP contribution is -2.50. The van der Waals surface area contributed by atoms with Gasteiger partial charge in [-0.3, -0.25) is 4.98 Å². The molecule has 0 bridgehead atoms. The molecular formula is C17H18FNO4S. The summed E-state index contributed by atoms with van der Waals surface area (Å²) in [7, 11) is 0. The van der Waals surface area contributed by atoms with Crippen molar-refractivity contribution in [3.8, 4) is 17.0 Å². The monoisotopic (exact) mass is 351 g/mol. The van der Waals surface area contributed by atoms with Gasteiger partial charge >= 0.3 is 0 Å². The van der Waals surface area contributed by atoms with Gasteiger partial charge in [-0.15, -0.1) is 11.8 Å². The Morgan fingerprint density at radius 2 is 1.96 bits per heavy atom. The van der Waals surface area contributed by atoms with Crippen LogP contribution in [0.2, 0.25) is 0 Å². The Morgan fingerprint density at radius 1 is 1.17 bits per heavy atom. The topological polar surface area (TPSA) is 82.8 Å². The third-order valence-electron chi connectivity index (χ3n) is 3.90. The van der Waals surface area contributed by atoms with Gasteiger partial charge in [0.05, 0.1) is 11.8 Å². The van der Waals surface area contributed by atoms with Crippen molar-refractivity contribution in [1.29, 1.82) is 0 Å². The van der Waals surface area contributed by atoms with Gasteiger partial charge in [-0.2, -0.15) is 0 Å². The standard InChI is InChI=1S/C17H18FNO4S/c1-9-6-10(18)2-3-12(9)13-7-11(4-5-19-13)23-17-16(22)15(21)14(20)8-24-17/h2-7,14-17,20-22H,8H2,1H3/t14-,15+,16-,17-/m1/s1. The Kier molecular flexibility index (Phi) is 5.05. The van der Waals surface area contributed by atoms with E-state index >= 15 is 0 Å². The summed E-state index contributed by atoms with van der Waals surface area (Å²) in [6.07, 6.45) is -1.84. The molecule has 1 aliphatic heterocycles. The second kappa shape index (κ2) is 7.06. The molecule has 1 fully saturated rings. The fourth-order valence-corrected chi connectivity index (χ4v) is 3.68. The molecule has 7 heteroatoms. The van der Waals surface area contributed by atoms with Crippen molar-refractivity contribution in [3.05, 3.63) is 47.9 Å². The maximum atomic E-state index is 13.2. The molecule has 3 rings (SSSR count). The molecule has 5 nitrogen and oxygen atoms in total. The summed E-state index contributed by atoms with van der Waals surface area (Å²) in [6, 6.07) is 7.80. The zero-order chi connectivity index (χ0) is 17.3. The summed E-state index contributed by atoms with van der Waals surface area (Å²) < 4.78 is 19.0. The summed E-state index contributed by atoms with van der Waals surface area (Å²) in [4.78, 5) is 4.28. The SMILES string of the molecule is Cc1cc(F)ccc1-c1cc(O[C@@H]2SC[C@@H](O)[C@H](O)[C@H]2O)ccn1. The van der Waals surface area contributed by atoms with Crippen LogP contribution in [0.1, 0.15) is 5.56 Å². The van der Waals surface area contributed by atoms with E-state index in [1.165, 1.54) is 23.9 Å². The number of aromatic nitrogens is 1. The lowest BCUT2D eigenvalue weighted by Gasteiger charge is -2.34. The van der Waals surface area contributed by atoms with Crippen molar-refractivity contribution in [3.63, 3.8) is 0 Å². The van der Waals surface area contributed by atoms with Gasteiger partial charge in [0.2, 0.25) is 0 Å². The predicted molar refractivity (Wildman–Crippen MR) is 89.3 cm³/mol. The third-order valence-corrected chi connectivity index (χ3v) is 5.14. The number of hydrogen-bond donors (Lipinski definition) is 3. The van der Waals surface area contributed by atoms with Crippen LogP contribution in [0, 0.1) is 12.7 Å². The molecule has 4 atom stereocenters. The summed E-state index contributed by atoms with van der Waals surface area (Å²) in [5.74, 6) is 0.444. The van der Waals surface area contributed by atoms with E-state index < -0.39 is 23.7 Å². The van der Waals surface area contributed by atoms with E-state index in [1.807, 2.05) is 0 Å². The number of rotatable bonds is 3. The number of aliphatic hydroxyl groups is 3. The molecule has 128 valence electrons. The smallest absolute Gasteiger partial charge is 0.173 e. The maximum absolute atomic E-state index is 13.2. The lowest BCUT2D eigenvalue weighted by molar-refractivity contribution is -0.0786. The number of halogens is 1. The molecule has 1 aliphatic rings. The lowest BCUT2D eigenvalue weighted by atomic mass is 10.0. The first-order valence-electron chi connectivity index (χ1n) is 7.51. The number of aliphatic hydroxyl groups excluding tert-OH is 3. The van der Waals surface area contributed by atoms with Gasteiger partial charge in [0.15, 0.2) is 5.44 Å². The largest absolute Gasteiger partial charge is 0.477 e. The molecule has 0 aliphatic carbocycles. The molecule has 0 radical (unpaired) electrons. The molecule has 0 spiro atoms. The van der Waals surface area contributed by atoms with Crippen LogP contribution in [0.15, 0.2) is 36.5 Å². The van der Waals surface area contributed by atoms with Crippen LogP contribution in [0.4, 0.5) is 4.39 Å². The zero-order valence-corrected chi connectivity index (χ0v) is 13.8. The number of benzene rings is 1. The molecule has 1 aromatic heterocycles. The highest BCUT2D eigenvalue weighted by Gasteiger charge is 2.38. The molecule has 2 aromatic rings. The van der Waals surface area contributed by atoms with Crippen molar-refractivity contribution in [2.75, 3.05) is 5.75 Å². The van der Waals surface area contributed by atoms with Crippen molar-refractivity contribution >= 4 is 11.8 Å². The van der Waals surface area contributed by atoms with Crippen LogP contribution in [-0.2, 0) is 0 Å². The van der Waals surface area contributed by atoms with Crippen molar-refractivity contribution in [1.82, 2.24) is 4.98 Å². The first-order chi connectivity index (χ1) is 11.5. The van der Waals surface area contributed by atoms with E-state index in [0.29, 0.717) is 11.4 Å². The molecule has 3 N–H and O–H groups in total. The molecule has 0 unspecified atom stereocenters. The fraction of sp³-hybridized carbons (Fsp3) is 0.353. The van der Waals surface area contributed by atoms with Gasteiger partial charge in [0.25, 0.3) is 0 Å². The molecule has 0 saturated carbocycles. The van der Waals surface area contributed by atoms with E-state index in [4.69, 9.17) is 4.74 Å². The van der Waals surface area contributed by atoms with Crippen LogP contribution in [0.25, 0.3) is 11.3 Å². The Morgan fingerprint density at radius 3 is 2.71 bits per heavy atom. The third kappa shape index (κ3) is 3.54. The summed E-state index contributed by atoms with van der Waals surface area (Å²) in [6.45, 7) is 1.80. The number of thioether (sulfide) groups is 1. The molecule has 0 amide bonds. The van der Waals surface area contributed by atoms with E-state index in [9.17, 15) is 19.7 Å². The summed E-state index contributed by atoms with van der Waals surface area (Å²) in [5, 5.41) is 29.3. The average Bonchev–Trinajstić information content (AvgIpc) is 2.56. The van der Waals surface area contributed by atoms with Crippen LogP contribution in [-0.4, -0.2) is 49.8 Å². The van der Waals surface area contributed by atoms with Gasteiger partial charge in [-0.05, 0) is 36.8 Å². The maximum Gasteiger partial charge on any atom is 0.173 e. The van der Waals surface area contributed by atoms with E-state index in [0.717, 1.165) is 11.1 Å². The minimum absolute atomic E-state index is 0.276. The van der Waals surface area contributed by atoms with Crippen molar-refractivity contribution < 1.29 is 24.4 Å². The summed E-state index contributed by atoms with van der Waals surface area (Å²) in [5.41, 5.74) is 1.48. The minimum Gasteiger partial charge on any atom is -0.477 e. The highest BCUT2D eigenvalue weighted by molar-refractivity contribution is 7.99. The molecule has 1 saturated heterocycles. The van der Waals surface area contributed by atoms with Gasteiger partial charge < -0.3 is 20.1 Å². The molecule has 1 aromatic carbocycles. The van der Waals surface area contributed by atoms with E-state index in [1.54, 1.807) is 31.3 Å². The Labute approximate surface area is 143 Å². The number of ether oxygens (including phenoxy) is 1. The molecular weight excluding hydrogens is 333 g/mol. The van der Waals surface area contributed by atoms with E-state index in [-0.39, 0.29) is 11.6 Å². The number of hydrogen-bond acceptors (Lipinski definition) is 6. The summed E-state index contributed by atoms with van der Waals surface area (Å²) >= 11 is 1.23. The van der Waals surface area contributed by atoms with Gasteiger partial charge in [-0.25, -0.2) is 4.39 Å². The average molecular weight is 351 g/mol. The normalized spacial score (nSPS) is 27.0. The second-order valence-corrected chi connectivity index (χ2v) is 6.84. The number of nitrogens with zero attached hydrogens (tertiary/aromatic N) is 1. The molecule has 2 heterocycles. The Hall–Kier alpha value is -1.67. The van der Waals surface area contributed by atoms with Gasteiger partial charge in [-0.1, -0.05) is 0 Å². The van der Waals surface area contributed by atoms with Crippen LogP contribution >= 0.6 is 11.8 Å². The molecule has 24 heavy (non-hydrogen) atoms. The fourth-order valence-electron chi connectivity index (χ4n) is 2.56. The van der Waals surface area contributed by atoms with Gasteiger partial charge in [0, 0.05) is 23.6 Å². The Bertz CT molecular complexity index is 729. The van der Waals surface area contributed by atoms with Crippen LogP contribution in [0.3, 0.4) is 0 Å². The predicted octanol–water partition coefficient (Wildman–Crippen LogP) is 1.73. The van der Waals surface area contributed by atoms with Crippen molar-refractivity contribution in [2.45, 2.75) is 30.7 Å². The van der Waals surface area contributed by atoms with E-state index in [2.05, 4.69) is 4.98 Å². The highest BCUT2D eigenvalue weighted by atomic mass is 32.2. The quantitative estimate of drug-likeness (QED) is 0.781.